The number of carbonyl (C=O) groups excluding carboxylic acids is 1. The van der Waals surface area contributed by atoms with E-state index in [1.807, 2.05) is 13.0 Å². The van der Waals surface area contributed by atoms with Crippen LogP contribution in [0.15, 0.2) is 24.3 Å². The minimum atomic E-state index is -0.459. The maximum absolute atomic E-state index is 12.2. The van der Waals surface area contributed by atoms with Gasteiger partial charge in [-0.05, 0) is 44.5 Å². The van der Waals surface area contributed by atoms with E-state index in [1.165, 1.54) is 0 Å². The Morgan fingerprint density at radius 1 is 1.19 bits per heavy atom. The highest BCUT2D eigenvalue weighted by Gasteiger charge is 2.14. The Bertz CT molecular complexity index is 795. The van der Waals surface area contributed by atoms with Crippen LogP contribution in [-0.2, 0) is 0 Å². The monoisotopic (exact) mass is 394 g/mol. The molecule has 1 aliphatic heterocycles. The molecular formula is C17H20Cl2N6O. The number of hydrogen-bond donors (Lipinski definition) is 4. The van der Waals surface area contributed by atoms with Crippen LogP contribution in [-0.4, -0.2) is 35.1 Å². The lowest BCUT2D eigenvalue weighted by Gasteiger charge is -2.24. The Hall–Kier alpha value is -2.09. The molecule has 1 unspecified atom stereocenters. The van der Waals surface area contributed by atoms with Gasteiger partial charge in [0.05, 0.1) is 10.0 Å². The zero-order chi connectivity index (χ0) is 18.5. The molecule has 0 spiro atoms. The number of hydrogen-bond acceptors (Lipinski definition) is 5. The van der Waals surface area contributed by atoms with Crippen LogP contribution in [0.1, 0.15) is 18.5 Å². The van der Waals surface area contributed by atoms with E-state index in [-0.39, 0.29) is 5.95 Å². The predicted octanol–water partition coefficient (Wildman–Crippen LogP) is 3.90. The number of halogens is 2. The molecule has 0 saturated carbocycles. The first-order chi connectivity index (χ1) is 12.5. The third kappa shape index (κ3) is 5.20. The number of aromatic nitrogens is 2. The number of rotatable bonds is 4. The SMILES string of the molecule is Cc1cc(NC2CCCNC2)nc(NC(=O)Nc2ccc(Cl)c(Cl)c2)n1. The van der Waals surface area contributed by atoms with E-state index < -0.39 is 6.03 Å². The number of carbonyl (C=O) groups is 1. The number of piperidine rings is 1. The van der Waals surface area contributed by atoms with Crippen LogP contribution in [0.4, 0.5) is 22.2 Å². The summed E-state index contributed by atoms with van der Waals surface area (Å²) >= 11 is 11.8. The van der Waals surface area contributed by atoms with Gasteiger partial charge in [-0.25, -0.2) is 9.78 Å². The number of nitrogens with one attached hydrogen (secondary N) is 4. The standard InChI is InChI=1S/C17H20Cl2N6O/c1-10-7-15(22-12-3-2-6-20-9-12)24-16(21-10)25-17(26)23-11-4-5-13(18)14(19)8-11/h4-5,7-8,12,20H,2-3,6,9H2,1H3,(H3,21,22,23,24,25,26). The molecule has 1 saturated heterocycles. The number of urea groups is 1. The Kier molecular flexibility index (Phi) is 6.13. The first kappa shape index (κ1) is 18.7. The van der Waals surface area contributed by atoms with Crippen molar-refractivity contribution in [3.8, 4) is 0 Å². The summed E-state index contributed by atoms with van der Waals surface area (Å²) in [6, 6.07) is 6.56. The van der Waals surface area contributed by atoms with Crippen LogP contribution in [0, 0.1) is 6.92 Å². The molecule has 138 valence electrons. The number of aryl methyl sites for hydroxylation is 1. The molecule has 9 heteroatoms. The highest BCUT2D eigenvalue weighted by molar-refractivity contribution is 6.42. The third-order valence-corrected chi connectivity index (χ3v) is 4.64. The van der Waals surface area contributed by atoms with E-state index in [0.717, 1.165) is 31.6 Å². The van der Waals surface area contributed by atoms with Gasteiger partial charge in [-0.15, -0.1) is 0 Å². The van der Waals surface area contributed by atoms with E-state index >= 15 is 0 Å². The van der Waals surface area contributed by atoms with E-state index in [1.54, 1.807) is 18.2 Å². The lowest BCUT2D eigenvalue weighted by atomic mass is 10.1. The Balaban J connectivity index is 1.64. The van der Waals surface area contributed by atoms with Crippen molar-refractivity contribution in [2.45, 2.75) is 25.8 Å². The normalized spacial score (nSPS) is 16.8. The summed E-state index contributed by atoms with van der Waals surface area (Å²) in [4.78, 5) is 20.8. The van der Waals surface area contributed by atoms with Crippen molar-refractivity contribution in [3.05, 3.63) is 40.0 Å². The Morgan fingerprint density at radius 3 is 2.77 bits per heavy atom. The number of amides is 2. The average molecular weight is 395 g/mol. The summed E-state index contributed by atoms with van der Waals surface area (Å²) in [5.41, 5.74) is 1.28. The van der Waals surface area contributed by atoms with Gasteiger partial charge in [0.25, 0.3) is 0 Å². The number of anilines is 3. The van der Waals surface area contributed by atoms with Crippen LogP contribution in [0.25, 0.3) is 0 Å². The molecule has 2 heterocycles. The van der Waals surface area contributed by atoms with Gasteiger partial charge in [0.15, 0.2) is 0 Å². The van der Waals surface area contributed by atoms with Crippen LogP contribution >= 0.6 is 23.2 Å². The fourth-order valence-corrected chi connectivity index (χ4v) is 3.02. The van der Waals surface area contributed by atoms with Gasteiger partial charge in [0.2, 0.25) is 5.95 Å². The van der Waals surface area contributed by atoms with Crippen LogP contribution in [0.2, 0.25) is 10.0 Å². The fourth-order valence-electron chi connectivity index (χ4n) is 2.72. The van der Waals surface area contributed by atoms with Crippen molar-refractivity contribution < 1.29 is 4.79 Å². The molecule has 2 amide bonds. The quantitative estimate of drug-likeness (QED) is 0.631. The summed E-state index contributed by atoms with van der Waals surface area (Å²) in [6.45, 7) is 3.79. The summed E-state index contributed by atoms with van der Waals surface area (Å²) < 4.78 is 0. The molecule has 1 atom stereocenters. The Labute approximate surface area is 161 Å². The molecular weight excluding hydrogens is 375 g/mol. The van der Waals surface area contributed by atoms with Gasteiger partial charge < -0.3 is 16.0 Å². The van der Waals surface area contributed by atoms with Gasteiger partial charge in [-0.2, -0.15) is 4.98 Å². The molecule has 26 heavy (non-hydrogen) atoms. The van der Waals surface area contributed by atoms with Crippen molar-refractivity contribution in [1.29, 1.82) is 0 Å². The van der Waals surface area contributed by atoms with Gasteiger partial charge >= 0.3 is 6.03 Å². The fraction of sp³-hybridized carbons (Fsp3) is 0.353. The van der Waals surface area contributed by atoms with Crippen molar-refractivity contribution in [1.82, 2.24) is 15.3 Å². The van der Waals surface area contributed by atoms with Gasteiger partial charge in [0.1, 0.15) is 5.82 Å². The zero-order valence-electron chi connectivity index (χ0n) is 14.3. The lowest BCUT2D eigenvalue weighted by molar-refractivity contribution is 0.262. The van der Waals surface area contributed by atoms with Crippen LogP contribution in [0.5, 0.6) is 0 Å². The topological polar surface area (TPSA) is 91.0 Å². The van der Waals surface area contributed by atoms with Crippen molar-refractivity contribution in [3.63, 3.8) is 0 Å². The molecule has 3 rings (SSSR count). The van der Waals surface area contributed by atoms with E-state index in [0.29, 0.717) is 27.6 Å². The maximum Gasteiger partial charge on any atom is 0.326 e. The summed E-state index contributed by atoms with van der Waals surface area (Å²) in [7, 11) is 0. The van der Waals surface area contributed by atoms with Gasteiger partial charge in [-0.3, -0.25) is 5.32 Å². The molecule has 2 aromatic rings. The minimum Gasteiger partial charge on any atom is -0.366 e. The molecule has 1 fully saturated rings. The third-order valence-electron chi connectivity index (χ3n) is 3.91. The highest BCUT2D eigenvalue weighted by Crippen LogP contribution is 2.25. The predicted molar refractivity (Wildman–Crippen MR) is 105 cm³/mol. The maximum atomic E-state index is 12.2. The summed E-state index contributed by atoms with van der Waals surface area (Å²) in [5, 5.41) is 12.8. The largest absolute Gasteiger partial charge is 0.366 e. The zero-order valence-corrected chi connectivity index (χ0v) is 15.8. The Morgan fingerprint density at radius 2 is 2.04 bits per heavy atom. The molecule has 4 N–H and O–H groups in total. The average Bonchev–Trinajstić information content (AvgIpc) is 2.58. The molecule has 1 aromatic carbocycles. The van der Waals surface area contributed by atoms with E-state index in [9.17, 15) is 4.79 Å². The molecule has 1 aliphatic rings. The van der Waals surface area contributed by atoms with E-state index in [4.69, 9.17) is 23.2 Å². The molecule has 0 bridgehead atoms. The molecule has 0 aliphatic carbocycles. The first-order valence-electron chi connectivity index (χ1n) is 8.35. The van der Waals surface area contributed by atoms with Gasteiger partial charge in [-0.1, -0.05) is 23.2 Å². The number of nitrogens with zero attached hydrogens (tertiary/aromatic N) is 2. The van der Waals surface area contributed by atoms with Crippen molar-refractivity contribution >= 4 is 46.7 Å². The second kappa shape index (κ2) is 8.53. The van der Waals surface area contributed by atoms with Crippen LogP contribution < -0.4 is 21.3 Å². The molecule has 7 nitrogen and oxygen atoms in total. The lowest BCUT2D eigenvalue weighted by Crippen LogP contribution is -2.38. The highest BCUT2D eigenvalue weighted by atomic mass is 35.5. The van der Waals surface area contributed by atoms with Crippen LogP contribution in [0.3, 0.4) is 0 Å². The van der Waals surface area contributed by atoms with E-state index in [2.05, 4.69) is 31.2 Å². The molecule has 1 aromatic heterocycles. The first-order valence-corrected chi connectivity index (χ1v) is 9.11. The van der Waals surface area contributed by atoms with Gasteiger partial charge in [0, 0.05) is 30.0 Å². The second-order valence-electron chi connectivity index (χ2n) is 6.11. The molecule has 0 radical (unpaired) electrons. The summed E-state index contributed by atoms with van der Waals surface area (Å²) in [6.07, 6.45) is 2.20. The second-order valence-corrected chi connectivity index (χ2v) is 6.93. The number of benzene rings is 1. The summed E-state index contributed by atoms with van der Waals surface area (Å²) in [5.74, 6) is 0.921. The smallest absolute Gasteiger partial charge is 0.326 e. The minimum absolute atomic E-state index is 0.230. The van der Waals surface area contributed by atoms with Crippen molar-refractivity contribution in [2.75, 3.05) is 29.0 Å². The van der Waals surface area contributed by atoms with Crippen molar-refractivity contribution in [2.24, 2.45) is 0 Å².